The molecule has 1 fully saturated rings. The number of hydrogen-bond donors (Lipinski definition) is 1. The van der Waals surface area contributed by atoms with E-state index in [1.54, 1.807) is 11.0 Å². The molecule has 1 atom stereocenters. The first-order valence-electron chi connectivity index (χ1n) is 6.32. The quantitative estimate of drug-likeness (QED) is 0.838. The Labute approximate surface area is 114 Å². The van der Waals surface area contributed by atoms with Gasteiger partial charge in [-0.2, -0.15) is 5.26 Å². The molecule has 6 heteroatoms. The van der Waals surface area contributed by atoms with Gasteiger partial charge in [0.2, 0.25) is 5.91 Å². The number of hydrogen-bond acceptors (Lipinski definition) is 4. The van der Waals surface area contributed by atoms with Gasteiger partial charge < -0.3 is 10.2 Å². The molecule has 3 heterocycles. The third-order valence-electron chi connectivity index (χ3n) is 3.60. The largest absolute Gasteiger partial charge is 0.354 e. The van der Waals surface area contributed by atoms with Crippen LogP contribution in [0.1, 0.15) is 39.4 Å². The summed E-state index contributed by atoms with van der Waals surface area (Å²) in [6.45, 7) is 1.14. The van der Waals surface area contributed by atoms with Crippen LogP contribution in [0.5, 0.6) is 0 Å². The highest BCUT2D eigenvalue weighted by molar-refractivity contribution is 7.14. The summed E-state index contributed by atoms with van der Waals surface area (Å²) in [5, 5.41) is 11.7. The first-order valence-corrected chi connectivity index (χ1v) is 7.14. The van der Waals surface area contributed by atoms with Gasteiger partial charge in [0.15, 0.2) is 0 Å². The molecule has 1 N–H and O–H groups in total. The molecule has 2 aliphatic rings. The van der Waals surface area contributed by atoms with E-state index in [4.69, 9.17) is 5.26 Å². The van der Waals surface area contributed by atoms with Crippen LogP contribution in [0, 0.1) is 11.3 Å². The average molecular weight is 275 g/mol. The fraction of sp³-hybridized carbons (Fsp3) is 0.462. The summed E-state index contributed by atoms with van der Waals surface area (Å²) < 4.78 is 0. The van der Waals surface area contributed by atoms with Crippen molar-refractivity contribution in [3.8, 4) is 6.07 Å². The predicted octanol–water partition coefficient (Wildman–Crippen LogP) is 1.24. The number of carbonyl (C=O) groups is 2. The second kappa shape index (κ2) is 4.67. The van der Waals surface area contributed by atoms with Gasteiger partial charge in [0.05, 0.1) is 4.88 Å². The maximum absolute atomic E-state index is 12.3. The maximum Gasteiger partial charge on any atom is 0.265 e. The Morgan fingerprint density at radius 1 is 1.42 bits per heavy atom. The van der Waals surface area contributed by atoms with Gasteiger partial charge in [-0.05, 0) is 30.9 Å². The van der Waals surface area contributed by atoms with Crippen LogP contribution in [-0.2, 0) is 11.3 Å². The molecule has 2 aliphatic heterocycles. The van der Waals surface area contributed by atoms with Crippen molar-refractivity contribution in [2.45, 2.75) is 31.8 Å². The summed E-state index contributed by atoms with van der Waals surface area (Å²) >= 11 is 1.22. The van der Waals surface area contributed by atoms with Gasteiger partial charge in [-0.3, -0.25) is 9.59 Å². The van der Waals surface area contributed by atoms with Crippen molar-refractivity contribution in [3.63, 3.8) is 0 Å². The fourth-order valence-corrected chi connectivity index (χ4v) is 3.57. The van der Waals surface area contributed by atoms with E-state index in [-0.39, 0.29) is 17.9 Å². The Bertz CT molecular complexity index is 587. The van der Waals surface area contributed by atoms with Crippen molar-refractivity contribution >= 4 is 23.2 Å². The maximum atomic E-state index is 12.3. The summed E-state index contributed by atoms with van der Waals surface area (Å²) in [4.78, 5) is 27.1. The molecule has 0 aliphatic carbocycles. The van der Waals surface area contributed by atoms with Gasteiger partial charge in [0.25, 0.3) is 5.91 Å². The van der Waals surface area contributed by atoms with Gasteiger partial charge >= 0.3 is 0 Å². The fourth-order valence-electron chi connectivity index (χ4n) is 2.64. The number of nitrogens with one attached hydrogen (secondary N) is 1. The van der Waals surface area contributed by atoms with Gasteiger partial charge in [-0.25, -0.2) is 0 Å². The van der Waals surface area contributed by atoms with Crippen LogP contribution in [-0.4, -0.2) is 29.3 Å². The van der Waals surface area contributed by atoms with Gasteiger partial charge in [-0.15, -0.1) is 11.3 Å². The Balaban J connectivity index is 1.85. The lowest BCUT2D eigenvalue weighted by atomic mass is 10.1. The van der Waals surface area contributed by atoms with E-state index in [0.29, 0.717) is 22.8 Å². The topological polar surface area (TPSA) is 73.2 Å². The van der Waals surface area contributed by atoms with E-state index in [9.17, 15) is 9.59 Å². The number of fused-ring (bicyclic) bond motifs is 1. The third kappa shape index (κ3) is 2.00. The Hall–Kier alpha value is -1.87. The van der Waals surface area contributed by atoms with Crippen molar-refractivity contribution in [3.05, 3.63) is 21.4 Å². The molecule has 3 rings (SSSR count). The van der Waals surface area contributed by atoms with Gasteiger partial charge in [0.1, 0.15) is 17.0 Å². The highest BCUT2D eigenvalue weighted by Crippen LogP contribution is 2.33. The molecule has 19 heavy (non-hydrogen) atoms. The minimum Gasteiger partial charge on any atom is -0.354 e. The second-order valence-corrected chi connectivity index (χ2v) is 5.86. The highest BCUT2D eigenvalue weighted by Gasteiger charge is 2.38. The van der Waals surface area contributed by atoms with E-state index in [1.807, 2.05) is 0 Å². The first kappa shape index (κ1) is 12.2. The lowest BCUT2D eigenvalue weighted by Crippen LogP contribution is -2.45. The summed E-state index contributed by atoms with van der Waals surface area (Å²) in [5.74, 6) is -0.162. The number of nitriles is 1. The van der Waals surface area contributed by atoms with Crippen molar-refractivity contribution in [1.29, 1.82) is 5.26 Å². The van der Waals surface area contributed by atoms with Crippen LogP contribution in [0.4, 0.5) is 0 Å². The number of thiophene rings is 1. The van der Waals surface area contributed by atoms with Crippen molar-refractivity contribution in [1.82, 2.24) is 10.2 Å². The van der Waals surface area contributed by atoms with Gasteiger partial charge in [0, 0.05) is 13.1 Å². The third-order valence-corrected chi connectivity index (χ3v) is 4.67. The Morgan fingerprint density at radius 2 is 2.26 bits per heavy atom. The summed E-state index contributed by atoms with van der Waals surface area (Å²) in [6.07, 6.45) is 2.63. The molecule has 1 saturated heterocycles. The lowest BCUT2D eigenvalue weighted by Gasteiger charge is -2.25. The van der Waals surface area contributed by atoms with Crippen LogP contribution in [0.15, 0.2) is 6.07 Å². The average Bonchev–Trinajstić information content (AvgIpc) is 2.86. The molecule has 5 nitrogen and oxygen atoms in total. The van der Waals surface area contributed by atoms with E-state index in [1.165, 1.54) is 11.3 Å². The normalized spacial score (nSPS) is 22.7. The zero-order chi connectivity index (χ0) is 13.4. The molecule has 0 radical (unpaired) electrons. The number of amides is 2. The molecule has 2 amide bonds. The summed E-state index contributed by atoms with van der Waals surface area (Å²) in [6, 6.07) is 3.45. The van der Waals surface area contributed by atoms with E-state index < -0.39 is 0 Å². The molecule has 1 aromatic rings. The van der Waals surface area contributed by atoms with E-state index >= 15 is 0 Å². The van der Waals surface area contributed by atoms with Crippen LogP contribution in [0.25, 0.3) is 0 Å². The van der Waals surface area contributed by atoms with Crippen LogP contribution in [0.3, 0.4) is 0 Å². The number of nitrogens with zero attached hydrogens (tertiary/aromatic N) is 2. The molecule has 1 aromatic heterocycles. The molecule has 98 valence electrons. The standard InChI is InChI=1S/C13H13N3O2S/c14-6-9-5-8-7-16(13(18)11(8)19-9)10-3-1-2-4-15-12(10)17/h5,10H,1-4,7H2,(H,15,17). The SMILES string of the molecule is N#Cc1cc2c(s1)C(=O)N(C1CCCCNC1=O)C2. The molecular weight excluding hydrogens is 262 g/mol. The summed E-state index contributed by atoms with van der Waals surface area (Å²) in [5.41, 5.74) is 0.878. The lowest BCUT2D eigenvalue weighted by molar-refractivity contribution is -0.125. The minimum atomic E-state index is -0.361. The smallest absolute Gasteiger partial charge is 0.265 e. The molecular formula is C13H13N3O2S. The van der Waals surface area contributed by atoms with Crippen LogP contribution >= 0.6 is 11.3 Å². The molecule has 0 saturated carbocycles. The highest BCUT2D eigenvalue weighted by atomic mass is 32.1. The number of carbonyl (C=O) groups excluding carboxylic acids is 2. The molecule has 0 aromatic carbocycles. The predicted molar refractivity (Wildman–Crippen MR) is 69.6 cm³/mol. The van der Waals surface area contributed by atoms with Crippen molar-refractivity contribution < 1.29 is 9.59 Å². The van der Waals surface area contributed by atoms with Crippen molar-refractivity contribution in [2.24, 2.45) is 0 Å². The summed E-state index contributed by atoms with van der Waals surface area (Å²) in [7, 11) is 0. The Kier molecular flexibility index (Phi) is 2.99. The molecule has 0 bridgehead atoms. The zero-order valence-corrected chi connectivity index (χ0v) is 11.1. The molecule has 1 unspecified atom stereocenters. The van der Waals surface area contributed by atoms with Crippen molar-refractivity contribution in [2.75, 3.05) is 6.54 Å². The van der Waals surface area contributed by atoms with Crippen LogP contribution in [0.2, 0.25) is 0 Å². The second-order valence-electron chi connectivity index (χ2n) is 4.81. The minimum absolute atomic E-state index is 0.0542. The molecule has 0 spiro atoms. The van der Waals surface area contributed by atoms with E-state index in [0.717, 1.165) is 24.8 Å². The number of rotatable bonds is 1. The monoisotopic (exact) mass is 275 g/mol. The first-order chi connectivity index (χ1) is 9.20. The van der Waals surface area contributed by atoms with Crippen LogP contribution < -0.4 is 5.32 Å². The Morgan fingerprint density at radius 3 is 3.00 bits per heavy atom. The zero-order valence-electron chi connectivity index (χ0n) is 10.3. The van der Waals surface area contributed by atoms with E-state index in [2.05, 4.69) is 11.4 Å². The van der Waals surface area contributed by atoms with Gasteiger partial charge in [-0.1, -0.05) is 0 Å².